The van der Waals surface area contributed by atoms with Gasteiger partial charge in [-0.1, -0.05) is 15.9 Å². The molecule has 1 aromatic rings. The monoisotopic (exact) mass is 299 g/mol. The fourth-order valence-corrected chi connectivity index (χ4v) is 2.46. The molecule has 0 amide bonds. The second kappa shape index (κ2) is 4.96. The highest BCUT2D eigenvalue weighted by Gasteiger charge is 2.28. The highest BCUT2D eigenvalue weighted by atomic mass is 79.9. The number of nitrogens with zero attached hydrogens (tertiary/aromatic N) is 1. The molecule has 0 aromatic heterocycles. The van der Waals surface area contributed by atoms with Gasteiger partial charge in [0.05, 0.1) is 18.2 Å². The van der Waals surface area contributed by atoms with Gasteiger partial charge in [0.2, 0.25) is 0 Å². The van der Waals surface area contributed by atoms with Gasteiger partial charge in [-0.3, -0.25) is 4.79 Å². The van der Waals surface area contributed by atoms with Gasteiger partial charge in [-0.05, 0) is 25.1 Å². The number of fused-ring (bicyclic) bond motifs is 1. The maximum absolute atomic E-state index is 10.8. The molecule has 0 spiro atoms. The van der Waals surface area contributed by atoms with Crippen LogP contribution in [-0.2, 0) is 4.79 Å². The lowest BCUT2D eigenvalue weighted by Crippen LogP contribution is -2.44. The number of aliphatic carboxylic acids is 1. The van der Waals surface area contributed by atoms with Crippen molar-refractivity contribution in [2.75, 3.05) is 18.1 Å². The largest absolute Gasteiger partial charge is 0.489 e. The second-order valence-electron chi connectivity index (χ2n) is 3.96. The fraction of sp³-hybridized carbons (Fsp3) is 0.417. The minimum absolute atomic E-state index is 0.0970. The van der Waals surface area contributed by atoms with Gasteiger partial charge < -0.3 is 14.7 Å². The Morgan fingerprint density at radius 1 is 1.65 bits per heavy atom. The average Bonchev–Trinajstić information content (AvgIpc) is 2.28. The highest BCUT2D eigenvalue weighted by molar-refractivity contribution is 9.10. The van der Waals surface area contributed by atoms with E-state index in [4.69, 9.17) is 9.84 Å². The molecule has 17 heavy (non-hydrogen) atoms. The van der Waals surface area contributed by atoms with Crippen molar-refractivity contribution in [2.45, 2.75) is 19.4 Å². The molecule has 4 nitrogen and oxygen atoms in total. The van der Waals surface area contributed by atoms with Crippen LogP contribution in [-0.4, -0.2) is 30.3 Å². The van der Waals surface area contributed by atoms with Crippen molar-refractivity contribution in [1.82, 2.24) is 0 Å². The van der Waals surface area contributed by atoms with Crippen LogP contribution in [0.3, 0.4) is 0 Å². The Kier molecular flexibility index (Phi) is 3.57. The molecule has 0 fully saturated rings. The molecule has 1 aliphatic rings. The number of hydrogen-bond acceptors (Lipinski definition) is 3. The van der Waals surface area contributed by atoms with Crippen molar-refractivity contribution in [2.24, 2.45) is 0 Å². The normalized spacial score (nSPS) is 18.5. The summed E-state index contributed by atoms with van der Waals surface area (Å²) in [6.07, 6.45) is 0.0970. The van der Waals surface area contributed by atoms with E-state index in [1.54, 1.807) is 0 Å². The van der Waals surface area contributed by atoms with E-state index >= 15 is 0 Å². The number of carbonyl (C=O) groups is 1. The maximum atomic E-state index is 10.8. The van der Waals surface area contributed by atoms with E-state index < -0.39 is 5.97 Å². The molecule has 1 heterocycles. The van der Waals surface area contributed by atoms with Crippen molar-refractivity contribution in [1.29, 1.82) is 0 Å². The first-order valence-corrected chi connectivity index (χ1v) is 6.32. The summed E-state index contributed by atoms with van der Waals surface area (Å²) in [5, 5.41) is 8.89. The standard InChI is InChI=1S/C12H14BrNO3/c1-2-14-9(6-12(15)16)7-17-11-4-3-8(13)5-10(11)14/h3-5,9H,2,6-7H2,1H3,(H,15,16). The molecule has 1 aromatic carbocycles. The van der Waals surface area contributed by atoms with Gasteiger partial charge in [0, 0.05) is 11.0 Å². The van der Waals surface area contributed by atoms with E-state index in [0.29, 0.717) is 6.61 Å². The van der Waals surface area contributed by atoms with Gasteiger partial charge in [-0.25, -0.2) is 0 Å². The predicted octanol–water partition coefficient (Wildman–Crippen LogP) is 2.51. The Hall–Kier alpha value is -1.23. The lowest BCUT2D eigenvalue weighted by molar-refractivity contribution is -0.137. The maximum Gasteiger partial charge on any atom is 0.305 e. The van der Waals surface area contributed by atoms with Crippen LogP contribution in [0.25, 0.3) is 0 Å². The van der Waals surface area contributed by atoms with E-state index in [1.165, 1.54) is 0 Å². The summed E-state index contributed by atoms with van der Waals surface area (Å²) in [4.78, 5) is 12.9. The van der Waals surface area contributed by atoms with E-state index in [9.17, 15) is 4.79 Å². The Balaban J connectivity index is 2.31. The number of benzene rings is 1. The number of rotatable bonds is 3. The van der Waals surface area contributed by atoms with Gasteiger partial charge in [-0.2, -0.15) is 0 Å². The van der Waals surface area contributed by atoms with Crippen LogP contribution in [0.2, 0.25) is 0 Å². The van der Waals surface area contributed by atoms with E-state index in [-0.39, 0.29) is 12.5 Å². The predicted molar refractivity (Wildman–Crippen MR) is 68.7 cm³/mol. The number of carboxylic acids is 1. The third-order valence-corrected chi connectivity index (χ3v) is 3.35. The third kappa shape index (κ3) is 2.54. The molecular weight excluding hydrogens is 286 g/mol. The van der Waals surface area contributed by atoms with Gasteiger partial charge >= 0.3 is 5.97 Å². The van der Waals surface area contributed by atoms with Crippen molar-refractivity contribution in [3.05, 3.63) is 22.7 Å². The molecule has 0 saturated heterocycles. The van der Waals surface area contributed by atoms with Gasteiger partial charge in [0.15, 0.2) is 0 Å². The lowest BCUT2D eigenvalue weighted by Gasteiger charge is -2.37. The quantitative estimate of drug-likeness (QED) is 0.932. The van der Waals surface area contributed by atoms with Gasteiger partial charge in [0.1, 0.15) is 12.4 Å². The van der Waals surface area contributed by atoms with Crippen molar-refractivity contribution >= 4 is 27.6 Å². The molecule has 2 rings (SSSR count). The molecule has 1 atom stereocenters. The van der Waals surface area contributed by atoms with E-state index in [2.05, 4.69) is 20.8 Å². The molecule has 1 aliphatic heterocycles. The Bertz CT molecular complexity index is 436. The van der Waals surface area contributed by atoms with Crippen LogP contribution in [0.4, 0.5) is 5.69 Å². The lowest BCUT2D eigenvalue weighted by atomic mass is 10.1. The first-order valence-electron chi connectivity index (χ1n) is 5.52. The summed E-state index contributed by atoms with van der Waals surface area (Å²) in [7, 11) is 0. The molecule has 0 radical (unpaired) electrons. The molecule has 92 valence electrons. The van der Waals surface area contributed by atoms with Crippen LogP contribution in [0.5, 0.6) is 5.75 Å². The van der Waals surface area contributed by atoms with Gasteiger partial charge in [0.25, 0.3) is 0 Å². The number of halogens is 1. The van der Waals surface area contributed by atoms with Crippen LogP contribution in [0.1, 0.15) is 13.3 Å². The summed E-state index contributed by atoms with van der Waals surface area (Å²) in [6, 6.07) is 5.69. The third-order valence-electron chi connectivity index (χ3n) is 2.85. The Morgan fingerprint density at radius 2 is 2.41 bits per heavy atom. The first kappa shape index (κ1) is 12.2. The minimum atomic E-state index is -0.796. The number of hydrogen-bond donors (Lipinski definition) is 1. The second-order valence-corrected chi connectivity index (χ2v) is 4.88. The van der Waals surface area contributed by atoms with Gasteiger partial charge in [-0.15, -0.1) is 0 Å². The summed E-state index contributed by atoms with van der Waals surface area (Å²) in [5.74, 6) is 0.0205. The zero-order valence-electron chi connectivity index (χ0n) is 9.52. The fourth-order valence-electron chi connectivity index (χ4n) is 2.11. The summed E-state index contributed by atoms with van der Waals surface area (Å²) in [5.41, 5.74) is 0.958. The first-order chi connectivity index (χ1) is 8.11. The average molecular weight is 300 g/mol. The highest BCUT2D eigenvalue weighted by Crippen LogP contribution is 2.36. The zero-order chi connectivity index (χ0) is 12.4. The summed E-state index contributed by atoms with van der Waals surface area (Å²) >= 11 is 3.42. The number of ether oxygens (including phenoxy) is 1. The molecule has 1 unspecified atom stereocenters. The van der Waals surface area contributed by atoms with Crippen molar-refractivity contribution < 1.29 is 14.6 Å². The topological polar surface area (TPSA) is 49.8 Å². The number of carboxylic acid groups (broad SMARTS) is 1. The molecule has 0 saturated carbocycles. The Morgan fingerprint density at radius 3 is 3.06 bits per heavy atom. The van der Waals surface area contributed by atoms with Crippen molar-refractivity contribution in [3.63, 3.8) is 0 Å². The number of likely N-dealkylation sites (N-methyl/N-ethyl adjacent to an activating group) is 1. The van der Waals surface area contributed by atoms with Crippen molar-refractivity contribution in [3.8, 4) is 5.75 Å². The zero-order valence-corrected chi connectivity index (χ0v) is 11.1. The molecule has 5 heteroatoms. The smallest absolute Gasteiger partial charge is 0.305 e. The molecule has 0 bridgehead atoms. The van der Waals surface area contributed by atoms with Crippen LogP contribution < -0.4 is 9.64 Å². The minimum Gasteiger partial charge on any atom is -0.489 e. The SMILES string of the molecule is CCN1c2cc(Br)ccc2OCC1CC(=O)O. The van der Waals surface area contributed by atoms with E-state index in [0.717, 1.165) is 22.5 Å². The summed E-state index contributed by atoms with van der Waals surface area (Å²) < 4.78 is 6.57. The molecule has 0 aliphatic carbocycles. The van der Waals surface area contributed by atoms with Crippen LogP contribution in [0, 0.1) is 0 Å². The van der Waals surface area contributed by atoms with Crippen LogP contribution in [0.15, 0.2) is 22.7 Å². The molecular formula is C12H14BrNO3. The number of anilines is 1. The summed E-state index contributed by atoms with van der Waals surface area (Å²) in [6.45, 7) is 3.21. The molecule has 1 N–H and O–H groups in total. The van der Waals surface area contributed by atoms with Crippen LogP contribution >= 0.6 is 15.9 Å². The van der Waals surface area contributed by atoms with E-state index in [1.807, 2.05) is 25.1 Å². The Labute approximate surface area is 108 Å².